The molecule has 1 radical (unpaired) electrons. The van der Waals surface area contributed by atoms with Gasteiger partial charge in [-0.2, -0.15) is 0 Å². The molecule has 0 bridgehead atoms. The Bertz CT molecular complexity index is 617. The van der Waals surface area contributed by atoms with E-state index < -0.39 is 29.7 Å². The summed E-state index contributed by atoms with van der Waals surface area (Å²) in [5.74, 6) is -2.00. The van der Waals surface area contributed by atoms with Gasteiger partial charge in [0.25, 0.3) is 17.7 Å². The van der Waals surface area contributed by atoms with Crippen molar-refractivity contribution >= 4 is 23.6 Å². The normalized spacial score (nSPS) is 22.6. The third-order valence-corrected chi connectivity index (χ3v) is 3.62. The van der Waals surface area contributed by atoms with Crippen LogP contribution in [0.4, 0.5) is 0 Å². The van der Waals surface area contributed by atoms with Crippen molar-refractivity contribution in [2.24, 2.45) is 0 Å². The molecule has 0 aliphatic carbocycles. The zero-order valence-electron chi connectivity index (χ0n) is 10.5. The number of benzene rings is 1. The second-order valence-electron chi connectivity index (χ2n) is 4.74. The molecule has 0 N–H and O–H groups in total. The smallest absolute Gasteiger partial charge is 0.262 e. The van der Waals surface area contributed by atoms with Crippen LogP contribution in [0.1, 0.15) is 33.6 Å². The molecular weight excluding hydrogens is 260 g/mol. The zero-order chi connectivity index (χ0) is 14.4. The summed E-state index contributed by atoms with van der Waals surface area (Å²) in [5.41, 5.74) is 0.579. The average molecular weight is 271 g/mol. The molecule has 0 spiro atoms. The maximum absolute atomic E-state index is 12.3. The first-order chi connectivity index (χ1) is 9.52. The van der Waals surface area contributed by atoms with Gasteiger partial charge in [0, 0.05) is 13.5 Å². The number of hydrogen-bond acceptors (Lipinski definition) is 4. The van der Waals surface area contributed by atoms with Crippen LogP contribution in [0.15, 0.2) is 24.3 Å². The highest BCUT2D eigenvalue weighted by molar-refractivity contribution is 6.23. The van der Waals surface area contributed by atoms with Gasteiger partial charge in [-0.25, -0.2) is 0 Å². The molecule has 2 aliphatic heterocycles. The van der Waals surface area contributed by atoms with Crippen LogP contribution < -0.4 is 0 Å². The maximum Gasteiger partial charge on any atom is 0.262 e. The number of hydrogen-bond donors (Lipinski definition) is 0. The molecule has 1 fully saturated rings. The van der Waals surface area contributed by atoms with Crippen molar-refractivity contribution in [3.63, 3.8) is 0 Å². The van der Waals surface area contributed by atoms with Crippen LogP contribution in [0.25, 0.3) is 0 Å². The fraction of sp³-hybridized carbons (Fsp3) is 0.214. The van der Waals surface area contributed by atoms with Crippen LogP contribution >= 0.6 is 0 Å². The largest absolute Gasteiger partial charge is 0.279 e. The van der Waals surface area contributed by atoms with Crippen LogP contribution in [-0.4, -0.2) is 39.5 Å². The monoisotopic (exact) mass is 271 g/mol. The van der Waals surface area contributed by atoms with Crippen molar-refractivity contribution in [3.8, 4) is 0 Å². The molecule has 6 heteroatoms. The van der Waals surface area contributed by atoms with Gasteiger partial charge in [0.1, 0.15) is 6.04 Å². The number of imide groups is 2. The number of nitrogens with zero attached hydrogens (tertiary/aromatic N) is 2. The molecule has 1 aromatic rings. The molecule has 2 aliphatic rings. The Labute approximate surface area is 115 Å². The van der Waals surface area contributed by atoms with Crippen LogP contribution in [0, 0.1) is 7.05 Å². The van der Waals surface area contributed by atoms with Crippen LogP contribution in [0.5, 0.6) is 0 Å². The molecule has 6 nitrogen and oxygen atoms in total. The van der Waals surface area contributed by atoms with Crippen molar-refractivity contribution in [3.05, 3.63) is 42.4 Å². The maximum atomic E-state index is 12.3. The lowest BCUT2D eigenvalue weighted by Crippen LogP contribution is -2.54. The Morgan fingerprint density at radius 3 is 2.10 bits per heavy atom. The number of rotatable bonds is 1. The van der Waals surface area contributed by atoms with E-state index in [9.17, 15) is 19.2 Å². The van der Waals surface area contributed by atoms with Crippen molar-refractivity contribution in [2.75, 3.05) is 0 Å². The van der Waals surface area contributed by atoms with Crippen molar-refractivity contribution < 1.29 is 19.2 Å². The van der Waals surface area contributed by atoms with Gasteiger partial charge in [0.05, 0.1) is 11.1 Å². The van der Waals surface area contributed by atoms with E-state index in [1.54, 1.807) is 24.3 Å². The number of amides is 4. The summed E-state index contributed by atoms with van der Waals surface area (Å²) < 4.78 is 0. The lowest BCUT2D eigenvalue weighted by atomic mass is 10.0. The lowest BCUT2D eigenvalue weighted by Gasteiger charge is -2.32. The highest BCUT2D eigenvalue weighted by Crippen LogP contribution is 2.28. The van der Waals surface area contributed by atoms with E-state index in [1.807, 2.05) is 0 Å². The summed E-state index contributed by atoms with van der Waals surface area (Å²) >= 11 is 0. The van der Waals surface area contributed by atoms with Crippen molar-refractivity contribution in [2.45, 2.75) is 18.9 Å². The summed E-state index contributed by atoms with van der Waals surface area (Å²) in [6.45, 7) is 0. The fourth-order valence-electron chi connectivity index (χ4n) is 2.55. The first kappa shape index (κ1) is 12.5. The summed E-state index contributed by atoms with van der Waals surface area (Å²) in [4.78, 5) is 49.7. The molecule has 4 amide bonds. The standard InChI is InChI=1S/C14H11N2O4/c1-15-11(17)7-6-10(14(15)20)16-12(18)8-4-2-3-5-9(8)13(16)19/h2-5,10H,1,6-7H2/t10-/m0/s1. The van der Waals surface area contributed by atoms with E-state index in [4.69, 9.17) is 0 Å². The van der Waals surface area contributed by atoms with E-state index in [0.29, 0.717) is 0 Å². The van der Waals surface area contributed by atoms with E-state index in [0.717, 1.165) is 9.80 Å². The minimum Gasteiger partial charge on any atom is -0.279 e. The highest BCUT2D eigenvalue weighted by atomic mass is 16.2. The molecule has 1 atom stereocenters. The Morgan fingerprint density at radius 2 is 1.55 bits per heavy atom. The van der Waals surface area contributed by atoms with E-state index in [1.165, 1.54) is 0 Å². The second kappa shape index (κ2) is 4.26. The van der Waals surface area contributed by atoms with Crippen LogP contribution in [-0.2, 0) is 9.59 Å². The van der Waals surface area contributed by atoms with Crippen molar-refractivity contribution in [1.82, 2.24) is 9.80 Å². The Kier molecular flexibility index (Phi) is 2.67. The molecule has 101 valence electrons. The van der Waals surface area contributed by atoms with E-state index >= 15 is 0 Å². The van der Waals surface area contributed by atoms with Gasteiger partial charge in [-0.05, 0) is 18.6 Å². The van der Waals surface area contributed by atoms with Crippen molar-refractivity contribution in [1.29, 1.82) is 0 Å². The second-order valence-corrected chi connectivity index (χ2v) is 4.74. The van der Waals surface area contributed by atoms with Gasteiger partial charge in [-0.1, -0.05) is 12.1 Å². The Balaban J connectivity index is 1.97. The lowest BCUT2D eigenvalue weighted by molar-refractivity contribution is -0.148. The third kappa shape index (κ3) is 1.57. The summed E-state index contributed by atoms with van der Waals surface area (Å²) in [5, 5.41) is 0. The minimum absolute atomic E-state index is 0.0906. The Morgan fingerprint density at radius 1 is 1.00 bits per heavy atom. The van der Waals surface area contributed by atoms with Crippen LogP contribution in [0.2, 0.25) is 0 Å². The Hall–Kier alpha value is -2.50. The molecular formula is C14H11N2O4. The van der Waals surface area contributed by atoms with Gasteiger partial charge in [-0.15, -0.1) is 0 Å². The molecule has 0 saturated carbocycles. The SMILES string of the molecule is [CH2]N1C(=O)CC[C@H](N2C(=O)c3ccccc3C2=O)C1=O. The molecule has 2 heterocycles. The number of fused-ring (bicyclic) bond motifs is 1. The molecule has 0 unspecified atom stereocenters. The van der Waals surface area contributed by atoms with Gasteiger partial charge < -0.3 is 0 Å². The first-order valence-electron chi connectivity index (χ1n) is 6.16. The molecule has 1 saturated heterocycles. The number of likely N-dealkylation sites (tertiary alicyclic amines) is 1. The first-order valence-corrected chi connectivity index (χ1v) is 6.16. The number of carbonyl (C=O) groups excluding carboxylic acids is 4. The summed E-state index contributed by atoms with van der Waals surface area (Å²) in [6.07, 6.45) is 0.239. The number of carbonyl (C=O) groups is 4. The van der Waals surface area contributed by atoms with Gasteiger partial charge in [0.2, 0.25) is 5.91 Å². The minimum atomic E-state index is -0.947. The zero-order valence-corrected chi connectivity index (χ0v) is 10.5. The molecule has 3 rings (SSSR count). The molecule has 0 aromatic heterocycles. The highest BCUT2D eigenvalue weighted by Gasteiger charge is 2.45. The van der Waals surface area contributed by atoms with Gasteiger partial charge >= 0.3 is 0 Å². The van der Waals surface area contributed by atoms with Crippen LogP contribution in [0.3, 0.4) is 0 Å². The predicted molar refractivity (Wildman–Crippen MR) is 67.2 cm³/mol. The van der Waals surface area contributed by atoms with Gasteiger partial charge in [-0.3, -0.25) is 29.0 Å². The van der Waals surface area contributed by atoms with Gasteiger partial charge in [0.15, 0.2) is 0 Å². The fourth-order valence-corrected chi connectivity index (χ4v) is 2.55. The summed E-state index contributed by atoms with van der Waals surface area (Å²) in [6, 6.07) is 5.48. The average Bonchev–Trinajstić information content (AvgIpc) is 2.70. The number of piperidine rings is 1. The third-order valence-electron chi connectivity index (χ3n) is 3.62. The quantitative estimate of drug-likeness (QED) is 0.701. The van der Waals surface area contributed by atoms with E-state index in [2.05, 4.69) is 7.05 Å². The topological polar surface area (TPSA) is 74.8 Å². The summed E-state index contributed by atoms with van der Waals surface area (Å²) in [7, 11) is 3.37. The van der Waals surface area contributed by atoms with E-state index in [-0.39, 0.29) is 24.0 Å². The predicted octanol–water partition coefficient (Wildman–Crippen LogP) is 0.592. The molecule has 1 aromatic carbocycles. The molecule has 20 heavy (non-hydrogen) atoms.